The van der Waals surface area contributed by atoms with Gasteiger partial charge in [-0.3, -0.25) is 19.4 Å². The molecule has 0 spiro atoms. The third kappa shape index (κ3) is 6.20. The topological polar surface area (TPSA) is 71.0 Å². The summed E-state index contributed by atoms with van der Waals surface area (Å²) in [5, 5.41) is 3.49. The van der Waals surface area contributed by atoms with Gasteiger partial charge >= 0.3 is 6.18 Å². The Morgan fingerprint density at radius 1 is 1.15 bits per heavy atom. The Bertz CT molecular complexity index is 1310. The molecule has 1 N–H and O–H groups in total. The monoisotopic (exact) mass is 591 g/mol. The number of hydroxylamine groups is 2. The van der Waals surface area contributed by atoms with Crippen molar-refractivity contribution in [2.24, 2.45) is 4.99 Å². The van der Waals surface area contributed by atoms with Crippen molar-refractivity contribution in [1.82, 2.24) is 10.4 Å². The summed E-state index contributed by atoms with van der Waals surface area (Å²) in [6.07, 6.45) is -5.68. The normalized spacial score (nSPS) is 21.9. The number of aliphatic imine (C=N–C) groups is 1. The molecule has 4 rings (SSSR count). The van der Waals surface area contributed by atoms with Gasteiger partial charge in [-0.2, -0.15) is 13.2 Å². The van der Waals surface area contributed by atoms with Crippen molar-refractivity contribution in [2.45, 2.75) is 50.2 Å². The quantitative estimate of drug-likeness (QED) is 0.407. The zero-order chi connectivity index (χ0) is 28.8. The summed E-state index contributed by atoms with van der Waals surface area (Å²) < 4.78 is 69.3. The fraction of sp³-hybridized carbons (Fsp3) is 0.423. The van der Waals surface area contributed by atoms with Crippen molar-refractivity contribution in [3.05, 3.63) is 68.7 Å². The molecule has 0 radical (unpaired) electrons. The van der Waals surface area contributed by atoms with Gasteiger partial charge < -0.3 is 5.32 Å². The molecule has 1 fully saturated rings. The highest BCUT2D eigenvalue weighted by Crippen LogP contribution is 2.48. The van der Waals surface area contributed by atoms with Crippen molar-refractivity contribution >= 4 is 40.7 Å². The Morgan fingerprint density at radius 2 is 1.82 bits per heavy atom. The molecule has 2 amide bonds. The van der Waals surface area contributed by atoms with Gasteiger partial charge in [0.05, 0.1) is 13.1 Å². The molecule has 2 aliphatic rings. The van der Waals surface area contributed by atoms with Crippen LogP contribution in [0.25, 0.3) is 0 Å². The van der Waals surface area contributed by atoms with Gasteiger partial charge in [0.15, 0.2) is 0 Å². The largest absolute Gasteiger partial charge is 0.400 e. The average molecular weight is 592 g/mol. The number of amides is 2. The number of benzene rings is 2. The summed E-state index contributed by atoms with van der Waals surface area (Å²) in [5.74, 6) is -4.24. The fourth-order valence-electron chi connectivity index (χ4n) is 4.58. The van der Waals surface area contributed by atoms with Crippen molar-refractivity contribution in [3.8, 4) is 0 Å². The van der Waals surface area contributed by atoms with Gasteiger partial charge in [-0.25, -0.2) is 13.8 Å². The Balaban J connectivity index is 1.48. The molecule has 2 aliphatic heterocycles. The van der Waals surface area contributed by atoms with E-state index in [1.807, 2.05) is 0 Å². The van der Waals surface area contributed by atoms with Crippen LogP contribution in [0.1, 0.15) is 46.8 Å². The van der Waals surface area contributed by atoms with E-state index >= 15 is 0 Å². The number of carbonyl (C=O) groups is 2. The first-order valence-corrected chi connectivity index (χ1v) is 12.7. The van der Waals surface area contributed by atoms with Gasteiger partial charge in [0, 0.05) is 34.2 Å². The fourth-order valence-corrected chi connectivity index (χ4v) is 5.11. The van der Waals surface area contributed by atoms with Crippen LogP contribution in [-0.2, 0) is 15.0 Å². The van der Waals surface area contributed by atoms with Crippen LogP contribution in [0.5, 0.6) is 0 Å². The van der Waals surface area contributed by atoms with Crippen molar-refractivity contribution in [2.75, 3.05) is 19.7 Å². The second-order valence-corrected chi connectivity index (χ2v) is 10.7. The zero-order valence-corrected chi connectivity index (χ0v) is 22.4. The smallest absolute Gasteiger partial charge is 0.338 e. The number of alkyl halides is 5. The summed E-state index contributed by atoms with van der Waals surface area (Å²) in [6.45, 7) is 1.25. The van der Waals surface area contributed by atoms with E-state index in [1.165, 1.54) is 30.3 Å². The third-order valence-electron chi connectivity index (χ3n) is 6.77. The van der Waals surface area contributed by atoms with Crippen LogP contribution >= 0.6 is 23.2 Å². The summed E-state index contributed by atoms with van der Waals surface area (Å²) in [6, 6.07) is 7.24. The lowest BCUT2D eigenvalue weighted by Gasteiger charge is -2.31. The number of hydrogen-bond acceptors (Lipinski definition) is 4. The van der Waals surface area contributed by atoms with Crippen LogP contribution in [-0.4, -0.2) is 60.4 Å². The van der Waals surface area contributed by atoms with E-state index < -0.39 is 54.8 Å². The van der Waals surface area contributed by atoms with Crippen molar-refractivity contribution in [3.63, 3.8) is 0 Å². The van der Waals surface area contributed by atoms with E-state index in [0.717, 1.165) is 12.0 Å². The van der Waals surface area contributed by atoms with E-state index in [-0.39, 0.29) is 40.0 Å². The molecule has 2 aromatic rings. The predicted molar refractivity (Wildman–Crippen MR) is 136 cm³/mol. The number of rotatable bonds is 7. The van der Waals surface area contributed by atoms with E-state index in [0.29, 0.717) is 11.1 Å². The predicted octanol–water partition coefficient (Wildman–Crippen LogP) is 5.91. The molecular weight excluding hydrogens is 568 g/mol. The number of halogens is 7. The van der Waals surface area contributed by atoms with Crippen LogP contribution < -0.4 is 5.32 Å². The van der Waals surface area contributed by atoms with Crippen molar-refractivity contribution < 1.29 is 36.4 Å². The standard InChI is InChI=1S/C26H24Cl2F5N3O3/c1-14-7-15(20-11-25(13-34-20,26(31,32)33)16-8-17(27)10-18(28)9-16)3-4-19(14)22(37)35-21-12-39-36(23(21)38)6-5-24(2,29)30/h3-4,7-10,21H,5-6,11-13H2,1-2H3,(H,35,37)/t21-,25?/m1/s1. The zero-order valence-electron chi connectivity index (χ0n) is 20.8. The second kappa shape index (κ2) is 10.7. The van der Waals surface area contributed by atoms with Crippen LogP contribution in [0.15, 0.2) is 41.4 Å². The molecule has 6 nitrogen and oxygen atoms in total. The molecule has 0 bridgehead atoms. The number of nitrogens with zero attached hydrogens (tertiary/aromatic N) is 2. The Labute approximate surface area is 231 Å². The maximum atomic E-state index is 14.4. The Hall–Kier alpha value is -2.76. The first-order valence-electron chi connectivity index (χ1n) is 11.9. The number of aryl methyl sites for hydroxylation is 1. The number of carbonyl (C=O) groups excluding carboxylic acids is 2. The molecule has 39 heavy (non-hydrogen) atoms. The highest BCUT2D eigenvalue weighted by atomic mass is 35.5. The molecule has 210 valence electrons. The second-order valence-electron chi connectivity index (χ2n) is 9.79. The van der Waals surface area contributed by atoms with E-state index in [1.54, 1.807) is 13.0 Å². The molecule has 1 saturated heterocycles. The van der Waals surface area contributed by atoms with E-state index in [9.17, 15) is 31.5 Å². The first kappa shape index (κ1) is 29.2. The lowest BCUT2D eigenvalue weighted by Crippen LogP contribution is -2.44. The lowest BCUT2D eigenvalue weighted by atomic mass is 9.76. The molecule has 1 unspecified atom stereocenters. The minimum Gasteiger partial charge on any atom is -0.338 e. The summed E-state index contributed by atoms with van der Waals surface area (Å²) in [4.78, 5) is 34.6. The molecule has 0 aliphatic carbocycles. The van der Waals surface area contributed by atoms with Crippen LogP contribution in [0.3, 0.4) is 0 Å². The summed E-state index contributed by atoms with van der Waals surface area (Å²) >= 11 is 12.0. The van der Waals surface area contributed by atoms with Crippen LogP contribution in [0, 0.1) is 6.92 Å². The van der Waals surface area contributed by atoms with Crippen LogP contribution in [0.4, 0.5) is 22.0 Å². The molecule has 0 saturated carbocycles. The molecule has 2 atom stereocenters. The number of nitrogens with one attached hydrogen (secondary N) is 1. The van der Waals surface area contributed by atoms with Crippen molar-refractivity contribution in [1.29, 1.82) is 0 Å². The molecule has 0 aromatic heterocycles. The molecule has 2 aromatic carbocycles. The maximum absolute atomic E-state index is 14.4. The average Bonchev–Trinajstić information content (AvgIpc) is 3.42. The first-order chi connectivity index (χ1) is 18.1. The minimum atomic E-state index is -4.64. The summed E-state index contributed by atoms with van der Waals surface area (Å²) in [7, 11) is 0. The Kier molecular flexibility index (Phi) is 7.99. The van der Waals surface area contributed by atoms with Gasteiger partial charge in [-0.05, 0) is 60.9 Å². The molecule has 13 heteroatoms. The molecule has 2 heterocycles. The Morgan fingerprint density at radius 3 is 2.41 bits per heavy atom. The van der Waals surface area contributed by atoms with Gasteiger partial charge in [0.2, 0.25) is 5.92 Å². The number of hydrogen-bond donors (Lipinski definition) is 1. The van der Waals surface area contributed by atoms with Crippen LogP contribution in [0.2, 0.25) is 10.0 Å². The highest BCUT2D eigenvalue weighted by Gasteiger charge is 2.58. The van der Waals surface area contributed by atoms with Gasteiger partial charge in [0.1, 0.15) is 18.1 Å². The lowest BCUT2D eigenvalue weighted by molar-refractivity contribution is -0.183. The third-order valence-corrected chi connectivity index (χ3v) is 7.21. The SMILES string of the molecule is Cc1cc(C2=NCC(c3cc(Cl)cc(Cl)c3)(C(F)(F)F)C2)ccc1C(=O)N[C@@H]1CON(CCC(C)(F)F)C1=O. The minimum absolute atomic E-state index is 0.0818. The highest BCUT2D eigenvalue weighted by molar-refractivity contribution is 6.34. The van der Waals surface area contributed by atoms with E-state index in [2.05, 4.69) is 10.3 Å². The maximum Gasteiger partial charge on any atom is 0.400 e. The van der Waals surface area contributed by atoms with Gasteiger partial charge in [-0.15, -0.1) is 0 Å². The van der Waals surface area contributed by atoms with E-state index in [4.69, 9.17) is 28.0 Å². The summed E-state index contributed by atoms with van der Waals surface area (Å²) in [5.41, 5.74) is -1.14. The molecular formula is C26H24Cl2F5N3O3. The van der Waals surface area contributed by atoms with Gasteiger partial charge in [0.25, 0.3) is 11.8 Å². The van der Waals surface area contributed by atoms with Gasteiger partial charge in [-0.1, -0.05) is 29.3 Å².